The van der Waals surface area contributed by atoms with Crippen LogP contribution in [0.15, 0.2) is 0 Å². The molecule has 4 rings (SSSR count). The summed E-state index contributed by atoms with van der Waals surface area (Å²) in [4.78, 5) is 2.57. The van der Waals surface area contributed by atoms with Gasteiger partial charge in [-0.15, -0.1) is 5.10 Å². The van der Waals surface area contributed by atoms with E-state index in [1.165, 1.54) is 44.9 Å². The van der Waals surface area contributed by atoms with E-state index in [0.29, 0.717) is 24.1 Å². The lowest BCUT2D eigenvalue weighted by atomic mass is 9.88. The SMILES string of the molecule is C[C@H](c1nnnn1C1CCCCC1)N1CC[C@@H]2OCCC[C@@H]2C1. The van der Waals surface area contributed by atoms with E-state index in [1.54, 1.807) is 0 Å². The summed E-state index contributed by atoms with van der Waals surface area (Å²) in [6, 6.07) is 0.807. The summed E-state index contributed by atoms with van der Waals surface area (Å²) in [7, 11) is 0. The van der Waals surface area contributed by atoms with Crippen LogP contribution < -0.4 is 0 Å². The van der Waals surface area contributed by atoms with Gasteiger partial charge in [0, 0.05) is 19.7 Å². The highest BCUT2D eigenvalue weighted by Gasteiger charge is 2.35. The first-order chi connectivity index (χ1) is 11.3. The minimum absolute atomic E-state index is 0.301. The van der Waals surface area contributed by atoms with Crippen LogP contribution in [0.4, 0.5) is 0 Å². The van der Waals surface area contributed by atoms with E-state index in [2.05, 4.69) is 32.0 Å². The average molecular weight is 319 g/mol. The zero-order chi connectivity index (χ0) is 15.6. The molecule has 0 amide bonds. The first-order valence-electron chi connectivity index (χ1n) is 9.46. The van der Waals surface area contributed by atoms with Crippen LogP contribution in [0.2, 0.25) is 0 Å². The summed E-state index contributed by atoms with van der Waals surface area (Å²) in [5, 5.41) is 12.7. The predicted octanol–water partition coefficient (Wildman–Crippen LogP) is 2.74. The molecule has 0 spiro atoms. The van der Waals surface area contributed by atoms with Crippen molar-refractivity contribution in [3.63, 3.8) is 0 Å². The molecule has 1 aromatic heterocycles. The Balaban J connectivity index is 1.46. The lowest BCUT2D eigenvalue weighted by Gasteiger charge is -2.43. The van der Waals surface area contributed by atoms with E-state index in [1.807, 2.05) is 0 Å². The third kappa shape index (κ3) is 3.15. The van der Waals surface area contributed by atoms with Crippen LogP contribution in [0.1, 0.15) is 76.2 Å². The quantitative estimate of drug-likeness (QED) is 0.857. The molecule has 3 heterocycles. The molecule has 0 radical (unpaired) electrons. The van der Waals surface area contributed by atoms with Crippen molar-refractivity contribution < 1.29 is 4.74 Å². The van der Waals surface area contributed by atoms with Gasteiger partial charge in [0.1, 0.15) is 0 Å². The normalized spacial score (nSPS) is 31.7. The van der Waals surface area contributed by atoms with Crippen LogP contribution in [-0.4, -0.2) is 50.9 Å². The van der Waals surface area contributed by atoms with Crippen LogP contribution in [-0.2, 0) is 4.74 Å². The molecule has 1 saturated carbocycles. The number of aromatic nitrogens is 4. The van der Waals surface area contributed by atoms with Gasteiger partial charge < -0.3 is 4.74 Å². The van der Waals surface area contributed by atoms with E-state index < -0.39 is 0 Å². The first-order valence-corrected chi connectivity index (χ1v) is 9.46. The van der Waals surface area contributed by atoms with Crippen molar-refractivity contribution in [2.75, 3.05) is 19.7 Å². The average Bonchev–Trinajstić information content (AvgIpc) is 3.11. The molecular weight excluding hydrogens is 290 g/mol. The van der Waals surface area contributed by atoms with Crippen LogP contribution in [0.25, 0.3) is 0 Å². The van der Waals surface area contributed by atoms with Gasteiger partial charge >= 0.3 is 0 Å². The van der Waals surface area contributed by atoms with Crippen LogP contribution in [0, 0.1) is 5.92 Å². The van der Waals surface area contributed by atoms with Gasteiger partial charge in [0.15, 0.2) is 5.82 Å². The molecular formula is C17H29N5O. The van der Waals surface area contributed by atoms with Gasteiger partial charge in [-0.2, -0.15) is 0 Å². The summed E-state index contributed by atoms with van der Waals surface area (Å²) in [6.45, 7) is 5.45. The fourth-order valence-electron chi connectivity index (χ4n) is 4.69. The summed E-state index contributed by atoms with van der Waals surface area (Å²) in [5.74, 6) is 1.76. The van der Waals surface area contributed by atoms with Crippen molar-refractivity contribution in [2.45, 2.75) is 76.5 Å². The number of tetrazole rings is 1. The molecule has 2 saturated heterocycles. The van der Waals surface area contributed by atoms with Crippen LogP contribution in [0.3, 0.4) is 0 Å². The number of nitrogens with zero attached hydrogens (tertiary/aromatic N) is 5. The van der Waals surface area contributed by atoms with Crippen molar-refractivity contribution in [3.05, 3.63) is 5.82 Å². The van der Waals surface area contributed by atoms with Crippen molar-refractivity contribution in [1.82, 2.24) is 25.1 Å². The second-order valence-corrected chi connectivity index (χ2v) is 7.54. The van der Waals surface area contributed by atoms with Gasteiger partial charge in [-0.3, -0.25) is 4.90 Å². The molecule has 6 heteroatoms. The van der Waals surface area contributed by atoms with Gasteiger partial charge in [0.25, 0.3) is 0 Å². The summed E-state index contributed by atoms with van der Waals surface area (Å²) in [6.07, 6.45) is 10.6. The summed E-state index contributed by atoms with van der Waals surface area (Å²) >= 11 is 0. The number of hydrogen-bond acceptors (Lipinski definition) is 5. The maximum absolute atomic E-state index is 5.95. The largest absolute Gasteiger partial charge is 0.378 e. The maximum Gasteiger partial charge on any atom is 0.168 e. The lowest BCUT2D eigenvalue weighted by Crippen LogP contribution is -2.47. The Morgan fingerprint density at radius 1 is 1.09 bits per heavy atom. The monoisotopic (exact) mass is 319 g/mol. The number of ether oxygens (including phenoxy) is 1. The van der Waals surface area contributed by atoms with E-state index in [4.69, 9.17) is 4.74 Å². The smallest absolute Gasteiger partial charge is 0.168 e. The minimum atomic E-state index is 0.301. The first kappa shape index (κ1) is 15.5. The summed E-state index contributed by atoms with van der Waals surface area (Å²) in [5.41, 5.74) is 0. The Hall–Kier alpha value is -1.01. The van der Waals surface area contributed by atoms with E-state index >= 15 is 0 Å². The number of hydrogen-bond donors (Lipinski definition) is 0. The topological polar surface area (TPSA) is 56.1 Å². The Labute approximate surface area is 138 Å². The molecule has 0 N–H and O–H groups in total. The van der Waals surface area contributed by atoms with E-state index in [0.717, 1.165) is 31.9 Å². The fraction of sp³-hybridized carbons (Fsp3) is 0.941. The third-order valence-electron chi connectivity index (χ3n) is 6.11. The van der Waals surface area contributed by atoms with Crippen molar-refractivity contribution in [1.29, 1.82) is 0 Å². The van der Waals surface area contributed by atoms with Gasteiger partial charge in [-0.1, -0.05) is 19.3 Å². The van der Waals surface area contributed by atoms with Crippen molar-refractivity contribution in [3.8, 4) is 0 Å². The molecule has 23 heavy (non-hydrogen) atoms. The maximum atomic E-state index is 5.95. The highest BCUT2D eigenvalue weighted by molar-refractivity contribution is 4.96. The number of likely N-dealkylation sites (tertiary alicyclic amines) is 1. The molecule has 0 bridgehead atoms. The fourth-order valence-corrected chi connectivity index (χ4v) is 4.69. The van der Waals surface area contributed by atoms with Gasteiger partial charge in [0.05, 0.1) is 18.2 Å². The van der Waals surface area contributed by atoms with Gasteiger partial charge in [-0.05, 0) is 55.4 Å². The molecule has 1 aromatic rings. The second-order valence-electron chi connectivity index (χ2n) is 7.54. The van der Waals surface area contributed by atoms with Crippen molar-refractivity contribution >= 4 is 0 Å². The van der Waals surface area contributed by atoms with E-state index in [9.17, 15) is 0 Å². The molecule has 3 aliphatic rings. The zero-order valence-corrected chi connectivity index (χ0v) is 14.2. The molecule has 3 fully saturated rings. The minimum Gasteiger partial charge on any atom is -0.378 e. The number of fused-ring (bicyclic) bond motifs is 1. The van der Waals surface area contributed by atoms with Crippen LogP contribution >= 0.6 is 0 Å². The highest BCUT2D eigenvalue weighted by atomic mass is 16.5. The number of rotatable bonds is 3. The zero-order valence-electron chi connectivity index (χ0n) is 14.2. The Bertz CT molecular complexity index is 513. The third-order valence-corrected chi connectivity index (χ3v) is 6.11. The Morgan fingerprint density at radius 2 is 1.96 bits per heavy atom. The highest BCUT2D eigenvalue weighted by Crippen LogP contribution is 2.34. The van der Waals surface area contributed by atoms with Crippen LogP contribution in [0.5, 0.6) is 0 Å². The predicted molar refractivity (Wildman–Crippen MR) is 87.0 cm³/mol. The second kappa shape index (κ2) is 6.85. The molecule has 0 unspecified atom stereocenters. The van der Waals surface area contributed by atoms with Gasteiger partial charge in [0.2, 0.25) is 0 Å². The molecule has 1 aliphatic carbocycles. The molecule has 3 atom stereocenters. The van der Waals surface area contributed by atoms with Crippen molar-refractivity contribution in [2.24, 2.45) is 5.92 Å². The molecule has 2 aliphatic heterocycles. The Kier molecular flexibility index (Phi) is 4.62. The standard InChI is InChI=1S/C17H29N5O/c1-13(21-10-9-16-14(12-21)6-5-11-23-16)17-18-19-20-22(17)15-7-3-2-4-8-15/h13-16H,2-12H2,1H3/t13-,14-,16+/m1/s1. The van der Waals surface area contributed by atoms with E-state index in [-0.39, 0.29) is 0 Å². The number of piperidine rings is 1. The Morgan fingerprint density at radius 3 is 2.83 bits per heavy atom. The lowest BCUT2D eigenvalue weighted by molar-refractivity contribution is -0.0734. The molecule has 6 nitrogen and oxygen atoms in total. The molecule has 128 valence electrons. The molecule has 0 aromatic carbocycles. The van der Waals surface area contributed by atoms with Gasteiger partial charge in [-0.25, -0.2) is 4.68 Å². The summed E-state index contributed by atoms with van der Waals surface area (Å²) < 4.78 is 8.08.